The molecule has 4 aromatic rings. The highest BCUT2D eigenvalue weighted by Gasteiger charge is 2.16. The average molecular weight is 294 g/mol. The Hall–Kier alpha value is -2.10. The van der Waals surface area contributed by atoms with Crippen LogP contribution in [-0.2, 0) is 6.42 Å². The number of thiophene rings is 1. The van der Waals surface area contributed by atoms with Gasteiger partial charge in [-0.3, -0.25) is 0 Å². The summed E-state index contributed by atoms with van der Waals surface area (Å²) < 4.78 is 7.00. The summed E-state index contributed by atoms with van der Waals surface area (Å²) in [6.45, 7) is 0. The molecule has 3 heteroatoms. The van der Waals surface area contributed by atoms with E-state index in [9.17, 15) is 5.11 Å². The molecule has 0 aliphatic rings. The second-order valence-corrected chi connectivity index (χ2v) is 6.07. The highest BCUT2D eigenvalue weighted by atomic mass is 32.1. The smallest absolute Gasteiger partial charge is 0.134 e. The first-order valence-electron chi connectivity index (χ1n) is 6.93. The van der Waals surface area contributed by atoms with E-state index in [0.717, 1.165) is 11.0 Å². The zero-order valence-corrected chi connectivity index (χ0v) is 12.1. The highest BCUT2D eigenvalue weighted by molar-refractivity contribution is 7.17. The third kappa shape index (κ3) is 2.24. The standard InChI is InChI=1S/C18H14O2S/c19-15(17-10-12-5-1-3-7-16(12)20-17)9-13-11-21-18-8-4-2-6-14(13)18/h1-8,10-11,15,19H,9H2. The largest absolute Gasteiger partial charge is 0.458 e. The Morgan fingerprint density at radius 1 is 1.05 bits per heavy atom. The summed E-state index contributed by atoms with van der Waals surface area (Å²) in [5.74, 6) is 0.631. The lowest BCUT2D eigenvalue weighted by Crippen LogP contribution is -1.99. The third-order valence-corrected chi connectivity index (χ3v) is 4.76. The summed E-state index contributed by atoms with van der Waals surface area (Å²) in [7, 11) is 0. The minimum absolute atomic E-state index is 0.573. The Kier molecular flexibility index (Phi) is 3.02. The van der Waals surface area contributed by atoms with E-state index in [-0.39, 0.29) is 0 Å². The van der Waals surface area contributed by atoms with Gasteiger partial charge in [-0.1, -0.05) is 36.4 Å². The number of aliphatic hydroxyl groups is 1. The van der Waals surface area contributed by atoms with Crippen molar-refractivity contribution >= 4 is 32.4 Å². The molecule has 0 saturated heterocycles. The van der Waals surface area contributed by atoms with Gasteiger partial charge in [0.05, 0.1) is 0 Å². The van der Waals surface area contributed by atoms with Crippen LogP contribution in [0.3, 0.4) is 0 Å². The predicted molar refractivity (Wildman–Crippen MR) is 86.7 cm³/mol. The predicted octanol–water partition coefficient (Wildman–Crippen LogP) is 4.92. The summed E-state index contributed by atoms with van der Waals surface area (Å²) in [5, 5.41) is 14.8. The molecule has 2 heterocycles. The van der Waals surface area contributed by atoms with Crippen LogP contribution in [0.4, 0.5) is 0 Å². The van der Waals surface area contributed by atoms with Crippen LogP contribution in [0.2, 0.25) is 0 Å². The van der Waals surface area contributed by atoms with Crippen LogP contribution in [0.25, 0.3) is 21.1 Å². The number of benzene rings is 2. The van der Waals surface area contributed by atoms with Gasteiger partial charge in [-0.2, -0.15) is 0 Å². The fourth-order valence-corrected chi connectivity index (χ4v) is 3.64. The Bertz CT molecular complexity index is 871. The van der Waals surface area contributed by atoms with Gasteiger partial charge in [-0.15, -0.1) is 11.3 Å². The van der Waals surface area contributed by atoms with Gasteiger partial charge in [-0.25, -0.2) is 0 Å². The first kappa shape index (κ1) is 12.6. The molecule has 1 N–H and O–H groups in total. The number of aliphatic hydroxyl groups excluding tert-OH is 1. The summed E-state index contributed by atoms with van der Waals surface area (Å²) in [6, 6.07) is 18.0. The van der Waals surface area contributed by atoms with Crippen molar-refractivity contribution in [3.63, 3.8) is 0 Å². The lowest BCUT2D eigenvalue weighted by molar-refractivity contribution is 0.153. The maximum atomic E-state index is 10.5. The van der Waals surface area contributed by atoms with Gasteiger partial charge >= 0.3 is 0 Å². The second kappa shape index (κ2) is 5.02. The summed E-state index contributed by atoms with van der Waals surface area (Å²) in [4.78, 5) is 0. The van der Waals surface area contributed by atoms with E-state index in [1.807, 2.05) is 42.5 Å². The van der Waals surface area contributed by atoms with Crippen molar-refractivity contribution in [3.8, 4) is 0 Å². The number of hydrogen-bond acceptors (Lipinski definition) is 3. The molecule has 0 amide bonds. The summed E-state index contributed by atoms with van der Waals surface area (Å²) >= 11 is 1.71. The molecule has 0 fully saturated rings. The number of para-hydroxylation sites is 1. The second-order valence-electron chi connectivity index (χ2n) is 5.16. The van der Waals surface area contributed by atoms with Crippen LogP contribution in [0.5, 0.6) is 0 Å². The van der Waals surface area contributed by atoms with Gasteiger partial charge in [-0.05, 0) is 34.5 Å². The van der Waals surface area contributed by atoms with E-state index in [1.165, 1.54) is 15.6 Å². The normalized spacial score (nSPS) is 13.0. The zero-order valence-electron chi connectivity index (χ0n) is 11.3. The van der Waals surface area contributed by atoms with E-state index >= 15 is 0 Å². The SMILES string of the molecule is OC(Cc1csc2ccccc12)c1cc2ccccc2o1. The van der Waals surface area contributed by atoms with Crippen molar-refractivity contribution in [3.05, 3.63) is 71.3 Å². The quantitative estimate of drug-likeness (QED) is 0.581. The zero-order chi connectivity index (χ0) is 14.2. The molecule has 2 aromatic heterocycles. The fourth-order valence-electron chi connectivity index (χ4n) is 2.67. The molecule has 1 unspecified atom stereocenters. The molecule has 0 saturated carbocycles. The van der Waals surface area contributed by atoms with Gasteiger partial charge in [0, 0.05) is 16.5 Å². The Balaban J connectivity index is 1.67. The van der Waals surface area contributed by atoms with Crippen LogP contribution >= 0.6 is 11.3 Å². The van der Waals surface area contributed by atoms with Gasteiger partial charge in [0.2, 0.25) is 0 Å². The van der Waals surface area contributed by atoms with E-state index in [4.69, 9.17) is 4.42 Å². The molecule has 0 aliphatic heterocycles. The molecule has 0 aliphatic carbocycles. The maximum Gasteiger partial charge on any atom is 0.134 e. The van der Waals surface area contributed by atoms with Crippen molar-refractivity contribution in [1.29, 1.82) is 0 Å². The van der Waals surface area contributed by atoms with E-state index in [1.54, 1.807) is 11.3 Å². The third-order valence-electron chi connectivity index (χ3n) is 3.75. The molecule has 2 aromatic carbocycles. The van der Waals surface area contributed by atoms with E-state index in [0.29, 0.717) is 12.2 Å². The maximum absolute atomic E-state index is 10.5. The van der Waals surface area contributed by atoms with E-state index in [2.05, 4.69) is 17.5 Å². The Morgan fingerprint density at radius 3 is 2.76 bits per heavy atom. The van der Waals surface area contributed by atoms with Crippen LogP contribution in [0.15, 0.2) is 64.4 Å². The van der Waals surface area contributed by atoms with Gasteiger partial charge in [0.25, 0.3) is 0 Å². The fraction of sp³-hybridized carbons (Fsp3) is 0.111. The Morgan fingerprint density at radius 2 is 1.86 bits per heavy atom. The lowest BCUT2D eigenvalue weighted by atomic mass is 10.1. The lowest BCUT2D eigenvalue weighted by Gasteiger charge is -2.06. The highest BCUT2D eigenvalue weighted by Crippen LogP contribution is 2.31. The molecule has 2 nitrogen and oxygen atoms in total. The van der Waals surface area contributed by atoms with Gasteiger partial charge < -0.3 is 9.52 Å². The van der Waals surface area contributed by atoms with Crippen LogP contribution in [0.1, 0.15) is 17.4 Å². The summed E-state index contributed by atoms with van der Waals surface area (Å²) in [5.41, 5.74) is 1.99. The van der Waals surface area contributed by atoms with Crippen molar-refractivity contribution in [1.82, 2.24) is 0 Å². The van der Waals surface area contributed by atoms with Crippen molar-refractivity contribution < 1.29 is 9.52 Å². The van der Waals surface area contributed by atoms with Crippen molar-refractivity contribution in [2.75, 3.05) is 0 Å². The molecule has 4 rings (SSSR count). The van der Waals surface area contributed by atoms with Crippen LogP contribution < -0.4 is 0 Å². The van der Waals surface area contributed by atoms with Crippen LogP contribution in [-0.4, -0.2) is 5.11 Å². The first-order valence-corrected chi connectivity index (χ1v) is 7.81. The molecular formula is C18H14O2S. The molecule has 1 atom stereocenters. The molecule has 0 radical (unpaired) electrons. The molecule has 0 spiro atoms. The molecule has 0 bridgehead atoms. The minimum atomic E-state index is -0.615. The average Bonchev–Trinajstić information content (AvgIpc) is 3.11. The minimum Gasteiger partial charge on any atom is -0.458 e. The van der Waals surface area contributed by atoms with Gasteiger partial charge in [0.15, 0.2) is 0 Å². The molecular weight excluding hydrogens is 280 g/mol. The number of hydrogen-bond donors (Lipinski definition) is 1. The summed E-state index contributed by atoms with van der Waals surface area (Å²) in [6.07, 6.45) is -0.0421. The van der Waals surface area contributed by atoms with Crippen LogP contribution in [0, 0.1) is 0 Å². The number of rotatable bonds is 3. The molecule has 104 valence electrons. The number of furan rings is 1. The van der Waals surface area contributed by atoms with Crippen molar-refractivity contribution in [2.24, 2.45) is 0 Å². The first-order chi connectivity index (χ1) is 10.3. The van der Waals surface area contributed by atoms with E-state index < -0.39 is 6.10 Å². The number of fused-ring (bicyclic) bond motifs is 2. The topological polar surface area (TPSA) is 33.4 Å². The van der Waals surface area contributed by atoms with Gasteiger partial charge in [0.1, 0.15) is 17.4 Å². The monoisotopic (exact) mass is 294 g/mol. The van der Waals surface area contributed by atoms with Crippen molar-refractivity contribution in [2.45, 2.75) is 12.5 Å². The molecule has 21 heavy (non-hydrogen) atoms. The Labute approximate surface area is 126 Å².